The van der Waals surface area contributed by atoms with Gasteiger partial charge in [-0.1, -0.05) is 32.0 Å². The Hall–Kier alpha value is -3.24. The van der Waals surface area contributed by atoms with Crippen molar-refractivity contribution in [2.75, 3.05) is 25.0 Å². The lowest BCUT2D eigenvalue weighted by Gasteiger charge is -2.18. The second kappa shape index (κ2) is 12.3. The van der Waals surface area contributed by atoms with Crippen molar-refractivity contribution in [2.24, 2.45) is 0 Å². The van der Waals surface area contributed by atoms with Crippen molar-refractivity contribution in [3.05, 3.63) is 59.2 Å². The van der Waals surface area contributed by atoms with Crippen molar-refractivity contribution in [3.8, 4) is 0 Å². The molecule has 0 saturated heterocycles. The number of hydrogen-bond donors (Lipinski definition) is 2. The standard InChI is InChI=1S/C24H31N3O6S/c1-5-27(6-2)34(31,32)21-12-8-19(9-13-21)10-14-23(29)33-16-22(28)26-24(30)25-20-11-7-17(3)18(4)15-20/h7-9,11-13,15H,5-6,10,14,16H2,1-4H3,(H2,25,26,28,30). The van der Waals surface area contributed by atoms with E-state index in [0.717, 1.165) is 16.7 Å². The summed E-state index contributed by atoms with van der Waals surface area (Å²) in [7, 11) is -3.54. The highest BCUT2D eigenvalue weighted by atomic mass is 32.2. The second-order valence-electron chi connectivity index (χ2n) is 7.70. The number of imide groups is 1. The molecule has 3 amide bonds. The molecule has 0 spiro atoms. The van der Waals surface area contributed by atoms with E-state index in [9.17, 15) is 22.8 Å². The Bertz CT molecular complexity index is 1130. The topological polar surface area (TPSA) is 122 Å². The number of aryl methyl sites for hydroxylation is 3. The van der Waals surface area contributed by atoms with Crippen LogP contribution in [0.25, 0.3) is 0 Å². The number of ether oxygens (including phenoxy) is 1. The monoisotopic (exact) mass is 489 g/mol. The van der Waals surface area contributed by atoms with E-state index in [1.165, 1.54) is 16.4 Å². The lowest BCUT2D eigenvalue weighted by Crippen LogP contribution is -2.37. The van der Waals surface area contributed by atoms with Gasteiger partial charge in [0, 0.05) is 25.2 Å². The highest BCUT2D eigenvalue weighted by Gasteiger charge is 2.21. The zero-order valence-corrected chi connectivity index (χ0v) is 20.7. The summed E-state index contributed by atoms with van der Waals surface area (Å²) in [4.78, 5) is 35.9. The Labute approximate surface area is 200 Å². The van der Waals surface area contributed by atoms with Crippen molar-refractivity contribution >= 4 is 33.6 Å². The molecule has 0 bridgehead atoms. The molecule has 0 radical (unpaired) electrons. The van der Waals surface area contributed by atoms with Crippen LogP contribution in [0.4, 0.5) is 10.5 Å². The van der Waals surface area contributed by atoms with Gasteiger partial charge in [-0.05, 0) is 61.2 Å². The molecule has 34 heavy (non-hydrogen) atoms. The predicted molar refractivity (Wildman–Crippen MR) is 129 cm³/mol. The maximum Gasteiger partial charge on any atom is 0.325 e. The first-order valence-electron chi connectivity index (χ1n) is 11.0. The van der Waals surface area contributed by atoms with Crippen LogP contribution >= 0.6 is 0 Å². The number of carbonyl (C=O) groups excluding carboxylic acids is 3. The van der Waals surface area contributed by atoms with E-state index in [0.29, 0.717) is 25.2 Å². The summed E-state index contributed by atoms with van der Waals surface area (Å²) < 4.78 is 31.3. The molecule has 0 unspecified atom stereocenters. The van der Waals surface area contributed by atoms with E-state index in [1.54, 1.807) is 38.1 Å². The van der Waals surface area contributed by atoms with Crippen LogP contribution in [0.5, 0.6) is 0 Å². The zero-order chi connectivity index (χ0) is 25.3. The van der Waals surface area contributed by atoms with Gasteiger partial charge in [-0.25, -0.2) is 13.2 Å². The largest absolute Gasteiger partial charge is 0.456 e. The Morgan fingerprint density at radius 3 is 2.18 bits per heavy atom. The summed E-state index contributed by atoms with van der Waals surface area (Å²) in [5.74, 6) is -1.36. The van der Waals surface area contributed by atoms with Crippen LogP contribution in [0.3, 0.4) is 0 Å². The lowest BCUT2D eigenvalue weighted by atomic mass is 10.1. The maximum absolute atomic E-state index is 12.5. The number of carbonyl (C=O) groups is 3. The number of urea groups is 1. The van der Waals surface area contributed by atoms with Crippen LogP contribution in [0.1, 0.15) is 37.0 Å². The van der Waals surface area contributed by atoms with Gasteiger partial charge in [-0.3, -0.25) is 14.9 Å². The molecule has 184 valence electrons. The first-order chi connectivity index (χ1) is 16.1. The first kappa shape index (κ1) is 27.0. The van der Waals surface area contributed by atoms with Gasteiger partial charge < -0.3 is 10.1 Å². The summed E-state index contributed by atoms with van der Waals surface area (Å²) in [6.45, 7) is 7.59. The number of hydrogen-bond acceptors (Lipinski definition) is 6. The van der Waals surface area contributed by atoms with Crippen LogP contribution < -0.4 is 10.6 Å². The SMILES string of the molecule is CCN(CC)S(=O)(=O)c1ccc(CCC(=O)OCC(=O)NC(=O)Nc2ccc(C)c(C)c2)cc1. The van der Waals surface area contributed by atoms with Gasteiger partial charge in [0.1, 0.15) is 0 Å². The summed E-state index contributed by atoms with van der Waals surface area (Å²) in [5.41, 5.74) is 3.38. The molecule has 9 nitrogen and oxygen atoms in total. The highest BCUT2D eigenvalue weighted by Crippen LogP contribution is 2.17. The molecule has 10 heteroatoms. The van der Waals surface area contributed by atoms with Crippen LogP contribution in [0.2, 0.25) is 0 Å². The Kier molecular flexibility index (Phi) is 9.76. The minimum absolute atomic E-state index is 0.00423. The quantitative estimate of drug-likeness (QED) is 0.495. The Morgan fingerprint density at radius 2 is 1.59 bits per heavy atom. The summed E-state index contributed by atoms with van der Waals surface area (Å²) in [6, 6.07) is 11.0. The van der Waals surface area contributed by atoms with E-state index in [1.807, 2.05) is 19.9 Å². The molecule has 2 N–H and O–H groups in total. The van der Waals surface area contributed by atoms with E-state index in [-0.39, 0.29) is 11.3 Å². The number of amides is 3. The van der Waals surface area contributed by atoms with E-state index < -0.39 is 34.5 Å². The number of esters is 1. The van der Waals surface area contributed by atoms with Gasteiger partial charge in [0.05, 0.1) is 4.90 Å². The van der Waals surface area contributed by atoms with Crippen molar-refractivity contribution in [3.63, 3.8) is 0 Å². The van der Waals surface area contributed by atoms with E-state index in [4.69, 9.17) is 4.74 Å². The smallest absolute Gasteiger partial charge is 0.325 e. The number of nitrogens with one attached hydrogen (secondary N) is 2. The van der Waals surface area contributed by atoms with Gasteiger partial charge in [0.15, 0.2) is 6.61 Å². The molecule has 0 aliphatic carbocycles. The van der Waals surface area contributed by atoms with Crippen LogP contribution in [-0.4, -0.2) is 50.3 Å². The number of sulfonamides is 1. The highest BCUT2D eigenvalue weighted by molar-refractivity contribution is 7.89. The van der Waals surface area contributed by atoms with Crippen LogP contribution in [0.15, 0.2) is 47.4 Å². The molecular weight excluding hydrogens is 458 g/mol. The fourth-order valence-corrected chi connectivity index (χ4v) is 4.61. The molecular formula is C24H31N3O6S. The summed E-state index contributed by atoms with van der Waals surface area (Å²) >= 11 is 0. The van der Waals surface area contributed by atoms with Crippen LogP contribution in [0, 0.1) is 13.8 Å². The molecule has 0 fully saturated rings. The molecule has 0 heterocycles. The lowest BCUT2D eigenvalue weighted by molar-refractivity contribution is -0.148. The molecule has 0 aromatic heterocycles. The minimum Gasteiger partial charge on any atom is -0.456 e. The summed E-state index contributed by atoms with van der Waals surface area (Å²) in [5, 5.41) is 4.65. The van der Waals surface area contributed by atoms with Crippen LogP contribution in [-0.2, 0) is 30.8 Å². The zero-order valence-electron chi connectivity index (χ0n) is 19.9. The maximum atomic E-state index is 12.5. The third-order valence-electron chi connectivity index (χ3n) is 5.27. The van der Waals surface area contributed by atoms with Crippen molar-refractivity contribution in [1.29, 1.82) is 0 Å². The number of rotatable bonds is 10. The molecule has 2 aromatic rings. The first-order valence-corrected chi connectivity index (χ1v) is 12.4. The van der Waals surface area contributed by atoms with Crippen molar-refractivity contribution in [1.82, 2.24) is 9.62 Å². The minimum atomic E-state index is -3.54. The predicted octanol–water partition coefficient (Wildman–Crippen LogP) is 3.16. The van der Waals surface area contributed by atoms with Crippen molar-refractivity contribution in [2.45, 2.75) is 45.4 Å². The Morgan fingerprint density at radius 1 is 0.941 bits per heavy atom. The van der Waals surface area contributed by atoms with Gasteiger partial charge in [-0.15, -0.1) is 0 Å². The van der Waals surface area contributed by atoms with E-state index in [2.05, 4.69) is 10.6 Å². The molecule has 0 saturated carbocycles. The van der Waals surface area contributed by atoms with Crippen molar-refractivity contribution < 1.29 is 27.5 Å². The molecule has 2 aromatic carbocycles. The fraction of sp³-hybridized carbons (Fsp3) is 0.375. The fourth-order valence-electron chi connectivity index (χ4n) is 3.15. The number of benzene rings is 2. The van der Waals surface area contributed by atoms with E-state index >= 15 is 0 Å². The number of nitrogens with zero attached hydrogens (tertiary/aromatic N) is 1. The Balaban J connectivity index is 1.77. The third-order valence-corrected chi connectivity index (χ3v) is 7.33. The molecule has 0 aliphatic heterocycles. The molecule has 0 aliphatic rings. The van der Waals surface area contributed by atoms with Gasteiger partial charge >= 0.3 is 12.0 Å². The van der Waals surface area contributed by atoms with Gasteiger partial charge in [0.25, 0.3) is 5.91 Å². The van der Waals surface area contributed by atoms with Gasteiger partial charge in [0.2, 0.25) is 10.0 Å². The normalized spacial score (nSPS) is 11.2. The molecule has 2 rings (SSSR count). The van der Waals surface area contributed by atoms with Gasteiger partial charge in [-0.2, -0.15) is 4.31 Å². The second-order valence-corrected chi connectivity index (χ2v) is 9.63. The average Bonchev–Trinajstić information content (AvgIpc) is 2.79. The summed E-state index contributed by atoms with van der Waals surface area (Å²) in [6.07, 6.45) is 0.323. The molecule has 0 atom stereocenters. The number of anilines is 1. The third kappa shape index (κ3) is 7.67. The average molecular weight is 490 g/mol.